The third-order valence-electron chi connectivity index (χ3n) is 7.14. The van der Waals surface area contributed by atoms with Crippen LogP contribution in [0.4, 0.5) is 0 Å². The topological polar surface area (TPSA) is 90.8 Å². The van der Waals surface area contributed by atoms with Crippen molar-refractivity contribution in [3.8, 4) is 11.8 Å². The molecule has 1 aromatic heterocycles. The molecule has 6 heteroatoms. The van der Waals surface area contributed by atoms with Gasteiger partial charge in [-0.05, 0) is 48.2 Å². The van der Waals surface area contributed by atoms with E-state index >= 15 is 0 Å². The fraction of sp³-hybridized carbons (Fsp3) is 0.207. The van der Waals surface area contributed by atoms with Crippen LogP contribution in [-0.4, -0.2) is 28.9 Å². The molecule has 0 bridgehead atoms. The molecule has 0 amide bonds. The average Bonchev–Trinajstić information content (AvgIpc) is 3.47. The number of hydrogen-bond donors (Lipinski definition) is 2. The van der Waals surface area contributed by atoms with E-state index in [0.29, 0.717) is 22.4 Å². The number of carbonyl (C=O) groups excluding carboxylic acids is 1. The van der Waals surface area contributed by atoms with Crippen molar-refractivity contribution in [2.75, 3.05) is 7.11 Å². The van der Waals surface area contributed by atoms with Crippen molar-refractivity contribution in [1.29, 1.82) is 5.26 Å². The number of carbonyl (C=O) groups is 1. The number of aromatic amines is 1. The molecule has 35 heavy (non-hydrogen) atoms. The summed E-state index contributed by atoms with van der Waals surface area (Å²) in [6.45, 7) is 2.84. The van der Waals surface area contributed by atoms with Gasteiger partial charge in [0, 0.05) is 35.6 Å². The van der Waals surface area contributed by atoms with Gasteiger partial charge in [-0.25, -0.2) is 4.98 Å². The van der Waals surface area contributed by atoms with E-state index in [0.717, 1.165) is 24.2 Å². The second kappa shape index (κ2) is 9.21. The highest BCUT2D eigenvalue weighted by Crippen LogP contribution is 2.40. The number of fused-ring (bicyclic) bond motifs is 1. The fourth-order valence-electron chi connectivity index (χ4n) is 5.15. The first-order valence-electron chi connectivity index (χ1n) is 11.6. The lowest BCUT2D eigenvalue weighted by Gasteiger charge is -2.42. The minimum atomic E-state index is -0.666. The number of ether oxygens (including phenoxy) is 1. The van der Waals surface area contributed by atoms with Crippen molar-refractivity contribution in [3.63, 3.8) is 0 Å². The van der Waals surface area contributed by atoms with E-state index in [4.69, 9.17) is 4.74 Å². The normalized spacial score (nSPS) is 16.5. The third-order valence-corrected chi connectivity index (χ3v) is 7.14. The molecule has 0 aliphatic carbocycles. The highest BCUT2D eigenvalue weighted by atomic mass is 16.5. The summed E-state index contributed by atoms with van der Waals surface area (Å²) < 4.78 is 5.34. The van der Waals surface area contributed by atoms with Crippen LogP contribution in [0.25, 0.3) is 0 Å². The van der Waals surface area contributed by atoms with Crippen molar-refractivity contribution in [2.45, 2.75) is 31.3 Å². The van der Waals surface area contributed by atoms with Gasteiger partial charge in [0.25, 0.3) is 0 Å². The van der Waals surface area contributed by atoms with Crippen LogP contribution >= 0.6 is 0 Å². The van der Waals surface area contributed by atoms with Crippen LogP contribution in [0, 0.1) is 11.3 Å². The summed E-state index contributed by atoms with van der Waals surface area (Å²) in [7, 11) is 1.57. The van der Waals surface area contributed by atoms with Crippen molar-refractivity contribution in [3.05, 3.63) is 118 Å². The van der Waals surface area contributed by atoms with Crippen molar-refractivity contribution in [1.82, 2.24) is 15.3 Å². The molecule has 6 nitrogen and oxygen atoms in total. The van der Waals surface area contributed by atoms with Gasteiger partial charge in [0.15, 0.2) is 5.78 Å². The lowest BCUT2D eigenvalue weighted by atomic mass is 9.67. The Kier molecular flexibility index (Phi) is 5.94. The zero-order chi connectivity index (χ0) is 24.4. The van der Waals surface area contributed by atoms with E-state index in [1.54, 1.807) is 50.0 Å². The van der Waals surface area contributed by atoms with Gasteiger partial charge < -0.3 is 15.0 Å². The van der Waals surface area contributed by atoms with Crippen LogP contribution in [0.1, 0.15) is 50.8 Å². The average molecular weight is 463 g/mol. The van der Waals surface area contributed by atoms with Crippen molar-refractivity contribution in [2.24, 2.45) is 0 Å². The molecular formula is C29H26N4O2. The number of rotatable bonds is 6. The zero-order valence-corrected chi connectivity index (χ0v) is 19.7. The number of methoxy groups -OCH3 is 1. The molecule has 0 saturated carbocycles. The van der Waals surface area contributed by atoms with Crippen LogP contribution in [0.2, 0.25) is 0 Å². The predicted octanol–water partition coefficient (Wildman–Crippen LogP) is 4.54. The largest absolute Gasteiger partial charge is 0.497 e. The van der Waals surface area contributed by atoms with Crippen LogP contribution < -0.4 is 10.1 Å². The third kappa shape index (κ3) is 3.90. The molecule has 0 radical (unpaired) electrons. The Morgan fingerprint density at radius 2 is 1.91 bits per heavy atom. The van der Waals surface area contributed by atoms with Gasteiger partial charge in [-0.3, -0.25) is 4.79 Å². The Labute approximate surface area is 204 Å². The summed E-state index contributed by atoms with van der Waals surface area (Å²) >= 11 is 0. The molecule has 2 N–H and O–H groups in total. The molecule has 1 aliphatic heterocycles. The number of nitrogens with one attached hydrogen (secondary N) is 2. The Bertz CT molecular complexity index is 1420. The van der Waals surface area contributed by atoms with Gasteiger partial charge in [0.2, 0.25) is 0 Å². The number of nitrogens with zero attached hydrogens (tertiary/aromatic N) is 2. The highest BCUT2D eigenvalue weighted by molar-refractivity contribution is 6.12. The van der Waals surface area contributed by atoms with Crippen molar-refractivity contribution >= 4 is 5.78 Å². The molecule has 174 valence electrons. The molecule has 0 fully saturated rings. The highest BCUT2D eigenvalue weighted by Gasteiger charge is 2.43. The smallest absolute Gasteiger partial charge is 0.194 e. The fourth-order valence-corrected chi connectivity index (χ4v) is 5.15. The summed E-state index contributed by atoms with van der Waals surface area (Å²) in [6, 6.07) is 23.2. The van der Waals surface area contributed by atoms with Crippen LogP contribution in [-0.2, 0) is 18.4 Å². The quantitative estimate of drug-likeness (QED) is 0.411. The first-order valence-corrected chi connectivity index (χ1v) is 11.6. The summed E-state index contributed by atoms with van der Waals surface area (Å²) in [6.07, 6.45) is 4.23. The number of H-pyrrole nitrogens is 1. The van der Waals surface area contributed by atoms with E-state index < -0.39 is 5.41 Å². The number of aromatic nitrogens is 2. The molecule has 2 heterocycles. The maximum Gasteiger partial charge on any atom is 0.194 e. The molecule has 1 unspecified atom stereocenters. The maximum absolute atomic E-state index is 14.0. The molecule has 3 aromatic carbocycles. The van der Waals surface area contributed by atoms with E-state index in [9.17, 15) is 10.1 Å². The Balaban J connectivity index is 1.70. The van der Waals surface area contributed by atoms with Gasteiger partial charge in [-0.1, -0.05) is 48.5 Å². The van der Waals surface area contributed by atoms with E-state index in [1.807, 2.05) is 12.1 Å². The molecular weight excluding hydrogens is 436 g/mol. The summed E-state index contributed by atoms with van der Waals surface area (Å²) in [4.78, 5) is 21.6. The van der Waals surface area contributed by atoms with Gasteiger partial charge in [-0.15, -0.1) is 0 Å². The van der Waals surface area contributed by atoms with Gasteiger partial charge in [0.05, 0.1) is 30.5 Å². The van der Waals surface area contributed by atoms with Gasteiger partial charge in [0.1, 0.15) is 5.75 Å². The number of imidazole rings is 1. The number of nitriles is 1. The Hall–Kier alpha value is -4.21. The lowest BCUT2D eigenvalue weighted by Crippen LogP contribution is -2.51. The molecule has 2 atom stereocenters. The second-order valence-corrected chi connectivity index (χ2v) is 8.97. The summed E-state index contributed by atoms with van der Waals surface area (Å²) in [5.74, 6) is 0.381. The van der Waals surface area contributed by atoms with E-state index in [1.165, 1.54) is 11.1 Å². The second-order valence-electron chi connectivity index (χ2n) is 8.97. The first kappa shape index (κ1) is 22.6. The summed E-state index contributed by atoms with van der Waals surface area (Å²) in [5, 5.41) is 13.7. The monoisotopic (exact) mass is 462 g/mol. The minimum absolute atomic E-state index is 0.0383. The van der Waals surface area contributed by atoms with Crippen molar-refractivity contribution < 1.29 is 9.53 Å². The van der Waals surface area contributed by atoms with Gasteiger partial charge >= 0.3 is 0 Å². The predicted molar refractivity (Wildman–Crippen MR) is 133 cm³/mol. The summed E-state index contributed by atoms with van der Waals surface area (Å²) in [5.41, 5.74) is 4.77. The molecule has 1 aliphatic rings. The number of ketones is 1. The van der Waals surface area contributed by atoms with Crippen LogP contribution in [0.3, 0.4) is 0 Å². The number of hydrogen-bond acceptors (Lipinski definition) is 5. The van der Waals surface area contributed by atoms with Gasteiger partial charge in [-0.2, -0.15) is 5.26 Å². The molecule has 0 saturated heterocycles. The maximum atomic E-state index is 14.0. The van der Waals surface area contributed by atoms with E-state index in [-0.39, 0.29) is 11.8 Å². The lowest BCUT2D eigenvalue weighted by molar-refractivity contribution is 0.103. The van der Waals surface area contributed by atoms with Crippen LogP contribution in [0.5, 0.6) is 5.75 Å². The minimum Gasteiger partial charge on any atom is -0.497 e. The SMILES string of the molecule is COc1cccc(C(=O)c2c(C#N)cccc2[C@](C)(c2cnc[nH]2)C2Cc3ccccc3CN2)c1. The Morgan fingerprint density at radius 3 is 2.66 bits per heavy atom. The standard InChI is InChI=1S/C29H26N4O2/c1-29(26-17-31-18-33-26,25-14-19-7-3-4-8-22(19)16-32-25)24-12-6-10-21(15-30)27(24)28(34)20-9-5-11-23(13-20)35-2/h3-13,17-18,25,32H,14,16H2,1-2H3,(H,31,33)/t25?,29-/m0/s1. The molecule has 0 spiro atoms. The molecule has 4 aromatic rings. The van der Waals surface area contributed by atoms with Crippen LogP contribution in [0.15, 0.2) is 79.3 Å². The Morgan fingerprint density at radius 1 is 1.11 bits per heavy atom. The zero-order valence-electron chi connectivity index (χ0n) is 19.7. The number of benzene rings is 3. The molecule has 5 rings (SSSR count). The van der Waals surface area contributed by atoms with E-state index in [2.05, 4.69) is 52.5 Å². The first-order chi connectivity index (χ1) is 17.1.